The lowest BCUT2D eigenvalue weighted by Gasteiger charge is -2.26. The molecule has 1 heterocycles. The molecule has 0 radical (unpaired) electrons. The third-order valence-electron chi connectivity index (χ3n) is 3.12. The van der Waals surface area contributed by atoms with Crippen molar-refractivity contribution in [3.8, 4) is 5.75 Å². The Hall–Kier alpha value is -1.29. The molecule has 4 heteroatoms. The van der Waals surface area contributed by atoms with Gasteiger partial charge < -0.3 is 15.0 Å². The fourth-order valence-electron chi connectivity index (χ4n) is 2.06. The van der Waals surface area contributed by atoms with Crippen molar-refractivity contribution < 1.29 is 9.13 Å². The van der Waals surface area contributed by atoms with Gasteiger partial charge in [-0.15, -0.1) is 0 Å². The number of anilines is 1. The van der Waals surface area contributed by atoms with Gasteiger partial charge in [0.05, 0.1) is 7.11 Å². The molecule has 0 aliphatic carbocycles. The van der Waals surface area contributed by atoms with E-state index in [0.717, 1.165) is 25.2 Å². The van der Waals surface area contributed by atoms with E-state index in [-0.39, 0.29) is 5.82 Å². The van der Waals surface area contributed by atoms with Crippen LogP contribution in [0.2, 0.25) is 0 Å². The third kappa shape index (κ3) is 2.11. The van der Waals surface area contributed by atoms with Crippen LogP contribution in [0.25, 0.3) is 0 Å². The van der Waals surface area contributed by atoms with Crippen LogP contribution in [0.15, 0.2) is 18.2 Å². The molecule has 1 aromatic carbocycles. The molecule has 0 amide bonds. The highest BCUT2D eigenvalue weighted by Gasteiger charge is 2.20. The SMILES string of the molecule is COc1ccc(N(C)C2CCNC2)cc1F. The summed E-state index contributed by atoms with van der Waals surface area (Å²) in [7, 11) is 3.47. The number of methoxy groups -OCH3 is 1. The first-order valence-corrected chi connectivity index (χ1v) is 5.49. The molecule has 0 bridgehead atoms. The summed E-state index contributed by atoms with van der Waals surface area (Å²) < 4.78 is 18.4. The molecule has 1 aromatic rings. The minimum absolute atomic E-state index is 0.293. The summed E-state index contributed by atoms with van der Waals surface area (Å²) in [6.07, 6.45) is 1.10. The molecule has 1 atom stereocenters. The number of hydrogen-bond acceptors (Lipinski definition) is 3. The van der Waals surface area contributed by atoms with Crippen LogP contribution in [-0.2, 0) is 0 Å². The number of halogens is 1. The lowest BCUT2D eigenvalue weighted by molar-refractivity contribution is 0.386. The molecule has 3 nitrogen and oxygen atoms in total. The van der Waals surface area contributed by atoms with Crippen molar-refractivity contribution >= 4 is 5.69 Å². The van der Waals surface area contributed by atoms with Crippen molar-refractivity contribution in [3.63, 3.8) is 0 Å². The summed E-state index contributed by atoms with van der Waals surface area (Å²) in [5, 5.41) is 3.30. The first-order valence-electron chi connectivity index (χ1n) is 5.49. The van der Waals surface area contributed by atoms with Crippen LogP contribution in [0.5, 0.6) is 5.75 Å². The molecule has 1 aliphatic heterocycles. The first kappa shape index (κ1) is 11.2. The molecule has 0 aromatic heterocycles. The molecule has 1 aliphatic rings. The quantitative estimate of drug-likeness (QED) is 0.844. The van der Waals surface area contributed by atoms with Crippen LogP contribution in [0, 0.1) is 5.82 Å². The zero-order valence-electron chi connectivity index (χ0n) is 9.66. The Balaban J connectivity index is 2.16. The standard InChI is InChI=1S/C12H17FN2O/c1-15(10-5-6-14-8-10)9-3-4-12(16-2)11(13)7-9/h3-4,7,10,14H,5-6,8H2,1-2H3. The van der Waals surface area contributed by atoms with E-state index < -0.39 is 0 Å². The fourth-order valence-corrected chi connectivity index (χ4v) is 2.06. The van der Waals surface area contributed by atoms with E-state index >= 15 is 0 Å². The Labute approximate surface area is 95.2 Å². The van der Waals surface area contributed by atoms with E-state index in [9.17, 15) is 4.39 Å². The number of ether oxygens (including phenoxy) is 1. The smallest absolute Gasteiger partial charge is 0.167 e. The normalized spacial score (nSPS) is 19.8. The van der Waals surface area contributed by atoms with E-state index in [2.05, 4.69) is 10.2 Å². The average molecular weight is 224 g/mol. The maximum Gasteiger partial charge on any atom is 0.167 e. The van der Waals surface area contributed by atoms with E-state index in [1.807, 2.05) is 13.1 Å². The Morgan fingerprint density at radius 3 is 2.88 bits per heavy atom. The number of rotatable bonds is 3. The molecule has 2 rings (SSSR count). The summed E-state index contributed by atoms with van der Waals surface area (Å²) in [5.74, 6) is -0.0143. The molecule has 0 spiro atoms. The molecule has 0 saturated carbocycles. The van der Waals surface area contributed by atoms with Gasteiger partial charge in [0.1, 0.15) is 0 Å². The zero-order chi connectivity index (χ0) is 11.5. The van der Waals surface area contributed by atoms with Crippen LogP contribution < -0.4 is 15.0 Å². The molecule has 1 N–H and O–H groups in total. The largest absolute Gasteiger partial charge is 0.494 e. The van der Waals surface area contributed by atoms with Crippen LogP contribution >= 0.6 is 0 Å². The summed E-state index contributed by atoms with van der Waals surface area (Å²) in [5.41, 5.74) is 0.895. The van der Waals surface area contributed by atoms with Gasteiger partial charge >= 0.3 is 0 Å². The van der Waals surface area contributed by atoms with E-state index in [4.69, 9.17) is 4.74 Å². The second kappa shape index (κ2) is 4.70. The maximum atomic E-state index is 13.5. The van der Waals surface area contributed by atoms with Crippen molar-refractivity contribution in [2.24, 2.45) is 0 Å². The van der Waals surface area contributed by atoms with E-state index in [0.29, 0.717) is 11.8 Å². The van der Waals surface area contributed by atoms with Crippen LogP contribution in [0.3, 0.4) is 0 Å². The number of likely N-dealkylation sites (N-methyl/N-ethyl adjacent to an activating group) is 1. The summed E-state index contributed by atoms with van der Waals surface area (Å²) in [6.45, 7) is 2.00. The van der Waals surface area contributed by atoms with Crippen LogP contribution in [0.1, 0.15) is 6.42 Å². The summed E-state index contributed by atoms with van der Waals surface area (Å²) in [6, 6.07) is 5.54. The van der Waals surface area contributed by atoms with Gasteiger partial charge in [0, 0.05) is 31.4 Å². The van der Waals surface area contributed by atoms with Crippen LogP contribution in [0.4, 0.5) is 10.1 Å². The third-order valence-corrected chi connectivity index (χ3v) is 3.12. The highest BCUT2D eigenvalue weighted by Crippen LogP contribution is 2.24. The minimum Gasteiger partial charge on any atom is -0.494 e. The Morgan fingerprint density at radius 2 is 2.31 bits per heavy atom. The van der Waals surface area contributed by atoms with Crippen molar-refractivity contribution in [1.82, 2.24) is 5.32 Å². The van der Waals surface area contributed by atoms with Crippen LogP contribution in [-0.4, -0.2) is 33.3 Å². The van der Waals surface area contributed by atoms with Gasteiger partial charge in [-0.3, -0.25) is 0 Å². The topological polar surface area (TPSA) is 24.5 Å². The molecular formula is C12H17FN2O. The van der Waals surface area contributed by atoms with Crippen molar-refractivity contribution in [2.75, 3.05) is 32.1 Å². The van der Waals surface area contributed by atoms with Gasteiger partial charge in [-0.05, 0) is 25.1 Å². The molecule has 1 unspecified atom stereocenters. The molecular weight excluding hydrogens is 207 g/mol. The Bertz CT molecular complexity index is 364. The molecule has 88 valence electrons. The Morgan fingerprint density at radius 1 is 1.50 bits per heavy atom. The van der Waals surface area contributed by atoms with Gasteiger partial charge in [-0.2, -0.15) is 0 Å². The lowest BCUT2D eigenvalue weighted by Crippen LogP contribution is -2.33. The molecule has 16 heavy (non-hydrogen) atoms. The number of nitrogens with zero attached hydrogens (tertiary/aromatic N) is 1. The van der Waals surface area contributed by atoms with Gasteiger partial charge in [-0.25, -0.2) is 4.39 Å². The van der Waals surface area contributed by atoms with Gasteiger partial charge in [0.2, 0.25) is 0 Å². The first-order chi connectivity index (χ1) is 7.72. The second-order valence-electron chi connectivity index (χ2n) is 4.08. The maximum absolute atomic E-state index is 13.5. The number of hydrogen-bond donors (Lipinski definition) is 1. The van der Waals surface area contributed by atoms with E-state index in [1.54, 1.807) is 6.07 Å². The fraction of sp³-hybridized carbons (Fsp3) is 0.500. The van der Waals surface area contributed by atoms with Gasteiger partial charge in [0.15, 0.2) is 11.6 Å². The van der Waals surface area contributed by atoms with Crippen molar-refractivity contribution in [2.45, 2.75) is 12.5 Å². The monoisotopic (exact) mass is 224 g/mol. The molecule has 1 fully saturated rings. The van der Waals surface area contributed by atoms with Crippen molar-refractivity contribution in [1.29, 1.82) is 0 Å². The number of nitrogens with one attached hydrogen (secondary N) is 1. The molecule has 1 saturated heterocycles. The number of benzene rings is 1. The lowest BCUT2D eigenvalue weighted by atomic mass is 10.2. The highest BCUT2D eigenvalue weighted by atomic mass is 19.1. The minimum atomic E-state index is -0.308. The predicted octanol–water partition coefficient (Wildman–Crippen LogP) is 1.63. The van der Waals surface area contributed by atoms with Crippen molar-refractivity contribution in [3.05, 3.63) is 24.0 Å². The summed E-state index contributed by atoms with van der Waals surface area (Å²) in [4.78, 5) is 2.11. The summed E-state index contributed by atoms with van der Waals surface area (Å²) >= 11 is 0. The van der Waals surface area contributed by atoms with Gasteiger partial charge in [-0.1, -0.05) is 0 Å². The second-order valence-corrected chi connectivity index (χ2v) is 4.08. The van der Waals surface area contributed by atoms with E-state index in [1.165, 1.54) is 13.2 Å². The Kier molecular flexibility index (Phi) is 3.29. The average Bonchev–Trinajstić information content (AvgIpc) is 2.81. The highest BCUT2D eigenvalue weighted by molar-refractivity contribution is 5.50. The zero-order valence-corrected chi connectivity index (χ0v) is 9.66. The predicted molar refractivity (Wildman–Crippen MR) is 62.6 cm³/mol. The van der Waals surface area contributed by atoms with Gasteiger partial charge in [0.25, 0.3) is 0 Å².